The Balaban J connectivity index is 2.23. The number of oxime groups is 1. The van der Waals surface area contributed by atoms with Crippen molar-refractivity contribution in [2.75, 3.05) is 20.8 Å². The molecule has 0 aromatic heterocycles. The third-order valence-electron chi connectivity index (χ3n) is 2.65. The predicted octanol–water partition coefficient (Wildman–Crippen LogP) is 1.19. The second-order valence-corrected chi connectivity index (χ2v) is 3.72. The van der Waals surface area contributed by atoms with Gasteiger partial charge in [0.25, 0.3) is 0 Å². The van der Waals surface area contributed by atoms with Gasteiger partial charge in [0.15, 0.2) is 17.6 Å². The summed E-state index contributed by atoms with van der Waals surface area (Å²) in [6.45, 7) is -0.0275. The summed E-state index contributed by atoms with van der Waals surface area (Å²) in [6, 6.07) is 5.56. The van der Waals surface area contributed by atoms with Crippen molar-refractivity contribution in [2.24, 2.45) is 5.16 Å². The van der Waals surface area contributed by atoms with Crippen LogP contribution in [0.3, 0.4) is 0 Å². The van der Waals surface area contributed by atoms with Crippen LogP contribution < -0.4 is 9.47 Å². The lowest BCUT2D eigenvalue weighted by Gasteiger charge is -2.08. The predicted molar refractivity (Wildman–Crippen MR) is 62.7 cm³/mol. The van der Waals surface area contributed by atoms with Crippen LogP contribution in [-0.2, 0) is 4.84 Å². The molecular weight excluding hydrogens is 222 g/mol. The van der Waals surface area contributed by atoms with Gasteiger partial charge in [-0.25, -0.2) is 0 Å². The average molecular weight is 237 g/mol. The number of aliphatic hydroxyl groups is 1. The first-order valence-electron chi connectivity index (χ1n) is 5.34. The molecule has 2 rings (SSSR count). The van der Waals surface area contributed by atoms with Crippen molar-refractivity contribution < 1.29 is 19.4 Å². The van der Waals surface area contributed by atoms with E-state index in [-0.39, 0.29) is 12.7 Å². The molecule has 0 fully saturated rings. The molecule has 0 spiro atoms. The average Bonchev–Trinajstić information content (AvgIpc) is 2.86. The zero-order valence-corrected chi connectivity index (χ0v) is 9.84. The van der Waals surface area contributed by atoms with Gasteiger partial charge in [-0.3, -0.25) is 0 Å². The highest BCUT2D eigenvalue weighted by molar-refractivity contribution is 6.01. The first kappa shape index (κ1) is 11.7. The second kappa shape index (κ2) is 5.05. The Labute approximate surface area is 99.6 Å². The second-order valence-electron chi connectivity index (χ2n) is 3.72. The first-order valence-corrected chi connectivity index (χ1v) is 5.34. The van der Waals surface area contributed by atoms with E-state index >= 15 is 0 Å². The van der Waals surface area contributed by atoms with E-state index in [2.05, 4.69) is 5.16 Å². The van der Waals surface area contributed by atoms with Crippen molar-refractivity contribution in [3.05, 3.63) is 23.8 Å². The summed E-state index contributed by atoms with van der Waals surface area (Å²) >= 11 is 0. The van der Waals surface area contributed by atoms with Crippen molar-refractivity contribution in [3.63, 3.8) is 0 Å². The minimum atomic E-state index is -0.238. The van der Waals surface area contributed by atoms with Crippen molar-refractivity contribution in [1.29, 1.82) is 0 Å². The molecule has 1 heterocycles. The number of aliphatic hydroxyl groups excluding tert-OH is 1. The van der Waals surface area contributed by atoms with Gasteiger partial charge < -0.3 is 19.4 Å². The molecule has 1 N–H and O–H groups in total. The van der Waals surface area contributed by atoms with Gasteiger partial charge >= 0.3 is 0 Å². The standard InChI is InChI=1S/C12H15NO4/c1-15-11-4-3-8(5-12(11)16-2)10-6-9(7-14)17-13-10/h3-5,9,14H,6-7H2,1-2H3. The molecule has 5 heteroatoms. The van der Waals surface area contributed by atoms with Crippen LogP contribution in [0.1, 0.15) is 12.0 Å². The molecule has 5 nitrogen and oxygen atoms in total. The van der Waals surface area contributed by atoms with Crippen LogP contribution in [0.2, 0.25) is 0 Å². The summed E-state index contributed by atoms with van der Waals surface area (Å²) in [5.74, 6) is 1.33. The topological polar surface area (TPSA) is 60.3 Å². The van der Waals surface area contributed by atoms with Crippen molar-refractivity contribution in [3.8, 4) is 11.5 Å². The fourth-order valence-electron chi connectivity index (χ4n) is 1.71. The summed E-state index contributed by atoms with van der Waals surface area (Å²) in [5.41, 5.74) is 1.73. The van der Waals surface area contributed by atoms with E-state index in [9.17, 15) is 0 Å². The lowest BCUT2D eigenvalue weighted by molar-refractivity contribution is 0.0390. The molecule has 92 valence electrons. The van der Waals surface area contributed by atoms with Gasteiger partial charge in [0.1, 0.15) is 0 Å². The Hall–Kier alpha value is -1.75. The summed E-state index contributed by atoms with van der Waals surface area (Å²) < 4.78 is 10.4. The van der Waals surface area contributed by atoms with E-state index in [0.717, 1.165) is 11.3 Å². The molecule has 1 aromatic carbocycles. The molecule has 0 saturated heterocycles. The number of nitrogens with zero attached hydrogens (tertiary/aromatic N) is 1. The fourth-order valence-corrected chi connectivity index (χ4v) is 1.71. The smallest absolute Gasteiger partial charge is 0.161 e. The van der Waals surface area contributed by atoms with Crippen LogP contribution in [0.4, 0.5) is 0 Å². The molecule has 0 bridgehead atoms. The van der Waals surface area contributed by atoms with Crippen LogP contribution in [-0.4, -0.2) is 37.7 Å². The molecule has 1 aliphatic rings. The van der Waals surface area contributed by atoms with Crippen molar-refractivity contribution >= 4 is 5.71 Å². The number of ether oxygens (including phenoxy) is 2. The molecular formula is C12H15NO4. The van der Waals surface area contributed by atoms with Gasteiger partial charge in [-0.15, -0.1) is 0 Å². The SMILES string of the molecule is COc1ccc(C2=NOC(CO)C2)cc1OC. The summed E-state index contributed by atoms with van der Waals surface area (Å²) in [5, 5.41) is 12.9. The molecule has 1 atom stereocenters. The van der Waals surface area contributed by atoms with Gasteiger partial charge in [0.05, 0.1) is 26.5 Å². The summed E-state index contributed by atoms with van der Waals surface area (Å²) in [4.78, 5) is 5.07. The minimum Gasteiger partial charge on any atom is -0.493 e. The third-order valence-corrected chi connectivity index (χ3v) is 2.65. The lowest BCUT2D eigenvalue weighted by Crippen LogP contribution is -2.12. The van der Waals surface area contributed by atoms with E-state index in [0.29, 0.717) is 17.9 Å². The highest BCUT2D eigenvalue weighted by atomic mass is 16.6. The quantitative estimate of drug-likeness (QED) is 0.854. The Kier molecular flexibility index (Phi) is 3.49. The molecule has 1 unspecified atom stereocenters. The molecule has 0 saturated carbocycles. The van der Waals surface area contributed by atoms with Crippen molar-refractivity contribution in [1.82, 2.24) is 0 Å². The fraction of sp³-hybridized carbons (Fsp3) is 0.417. The Morgan fingerprint density at radius 2 is 2.12 bits per heavy atom. The summed E-state index contributed by atoms with van der Waals surface area (Å²) in [6.07, 6.45) is 0.365. The van der Waals surface area contributed by atoms with E-state index in [1.165, 1.54) is 0 Å². The summed E-state index contributed by atoms with van der Waals surface area (Å²) in [7, 11) is 3.18. The number of rotatable bonds is 4. The van der Waals surface area contributed by atoms with Gasteiger partial charge in [-0.2, -0.15) is 0 Å². The van der Waals surface area contributed by atoms with Gasteiger partial charge in [0, 0.05) is 12.0 Å². The molecule has 0 radical (unpaired) electrons. The van der Waals surface area contributed by atoms with Crippen molar-refractivity contribution in [2.45, 2.75) is 12.5 Å². The normalized spacial score (nSPS) is 18.5. The molecule has 1 aliphatic heterocycles. The molecule has 0 aliphatic carbocycles. The number of hydrogen-bond acceptors (Lipinski definition) is 5. The number of hydrogen-bond donors (Lipinski definition) is 1. The van der Waals surface area contributed by atoms with E-state index in [1.807, 2.05) is 18.2 Å². The largest absolute Gasteiger partial charge is 0.493 e. The van der Waals surface area contributed by atoms with Crippen LogP contribution in [0, 0.1) is 0 Å². The van der Waals surface area contributed by atoms with E-state index < -0.39 is 0 Å². The Morgan fingerprint density at radius 3 is 2.71 bits per heavy atom. The monoisotopic (exact) mass is 237 g/mol. The van der Waals surface area contributed by atoms with E-state index in [4.69, 9.17) is 19.4 Å². The van der Waals surface area contributed by atoms with Gasteiger partial charge in [-0.05, 0) is 18.2 Å². The van der Waals surface area contributed by atoms with Gasteiger partial charge in [-0.1, -0.05) is 5.16 Å². The zero-order valence-electron chi connectivity index (χ0n) is 9.84. The first-order chi connectivity index (χ1) is 8.28. The van der Waals surface area contributed by atoms with Crippen LogP contribution in [0.15, 0.2) is 23.4 Å². The Morgan fingerprint density at radius 1 is 1.35 bits per heavy atom. The van der Waals surface area contributed by atoms with E-state index in [1.54, 1.807) is 14.2 Å². The lowest BCUT2D eigenvalue weighted by atomic mass is 10.0. The van der Waals surface area contributed by atoms with Crippen LogP contribution >= 0.6 is 0 Å². The molecule has 17 heavy (non-hydrogen) atoms. The minimum absolute atomic E-state index is 0.0275. The molecule has 0 amide bonds. The van der Waals surface area contributed by atoms with Crippen LogP contribution in [0.25, 0.3) is 0 Å². The van der Waals surface area contributed by atoms with Crippen LogP contribution in [0.5, 0.6) is 11.5 Å². The maximum absolute atomic E-state index is 8.97. The maximum Gasteiger partial charge on any atom is 0.161 e. The third kappa shape index (κ3) is 2.34. The Bertz CT molecular complexity index is 431. The molecule has 1 aromatic rings. The zero-order chi connectivity index (χ0) is 12.3. The van der Waals surface area contributed by atoms with Gasteiger partial charge in [0.2, 0.25) is 0 Å². The highest BCUT2D eigenvalue weighted by Crippen LogP contribution is 2.29. The number of benzene rings is 1. The highest BCUT2D eigenvalue weighted by Gasteiger charge is 2.22. The maximum atomic E-state index is 8.97. The number of methoxy groups -OCH3 is 2.